The fourth-order valence-electron chi connectivity index (χ4n) is 2.64. The lowest BCUT2D eigenvalue weighted by atomic mass is 9.94. The van der Waals surface area contributed by atoms with Crippen LogP contribution in [0, 0.1) is 19.8 Å². The van der Waals surface area contributed by atoms with E-state index >= 15 is 0 Å². The van der Waals surface area contributed by atoms with Crippen molar-refractivity contribution in [3.8, 4) is 0 Å². The summed E-state index contributed by atoms with van der Waals surface area (Å²) >= 11 is 1.67. The summed E-state index contributed by atoms with van der Waals surface area (Å²) in [6.45, 7) is 9.18. The van der Waals surface area contributed by atoms with Gasteiger partial charge >= 0.3 is 0 Å². The molecule has 1 fully saturated rings. The number of amides is 1. The van der Waals surface area contributed by atoms with E-state index in [2.05, 4.69) is 22.5 Å². The third kappa shape index (κ3) is 3.54. The van der Waals surface area contributed by atoms with Crippen molar-refractivity contribution in [3.05, 3.63) is 15.6 Å². The van der Waals surface area contributed by atoms with Crippen molar-refractivity contribution in [3.63, 3.8) is 0 Å². The Morgan fingerprint density at radius 3 is 2.84 bits per heavy atom. The van der Waals surface area contributed by atoms with Crippen molar-refractivity contribution in [2.45, 2.75) is 52.6 Å². The summed E-state index contributed by atoms with van der Waals surface area (Å²) in [5.41, 5.74) is 1.03. The molecule has 19 heavy (non-hydrogen) atoms. The SMILES string of the molecule is Cc1nc(C)c(C(C)NC(=O)C2CC(C)CCN2)s1. The van der Waals surface area contributed by atoms with Crippen LogP contribution in [0.15, 0.2) is 0 Å². The van der Waals surface area contributed by atoms with Crippen LogP contribution < -0.4 is 10.6 Å². The molecule has 1 amide bonds. The van der Waals surface area contributed by atoms with Gasteiger partial charge in [0, 0.05) is 4.88 Å². The summed E-state index contributed by atoms with van der Waals surface area (Å²) in [4.78, 5) is 17.8. The first-order valence-corrected chi connectivity index (χ1v) is 7.76. The minimum atomic E-state index is -0.0412. The molecule has 0 aromatic carbocycles. The average molecular weight is 281 g/mol. The van der Waals surface area contributed by atoms with Crippen molar-refractivity contribution in [1.29, 1.82) is 0 Å². The Hall–Kier alpha value is -0.940. The molecule has 1 aromatic heterocycles. The number of aryl methyl sites for hydroxylation is 2. The van der Waals surface area contributed by atoms with E-state index in [-0.39, 0.29) is 18.0 Å². The van der Waals surface area contributed by atoms with Crippen LogP contribution in [0.3, 0.4) is 0 Å². The first-order valence-electron chi connectivity index (χ1n) is 6.95. The molecule has 4 nitrogen and oxygen atoms in total. The van der Waals surface area contributed by atoms with Crippen LogP contribution in [0.5, 0.6) is 0 Å². The van der Waals surface area contributed by atoms with Crippen molar-refractivity contribution < 1.29 is 4.79 Å². The topological polar surface area (TPSA) is 54.0 Å². The molecule has 1 saturated heterocycles. The first kappa shape index (κ1) is 14.5. The molecule has 2 heterocycles. The van der Waals surface area contributed by atoms with Gasteiger partial charge in [-0.15, -0.1) is 11.3 Å². The van der Waals surface area contributed by atoms with E-state index in [1.165, 1.54) is 0 Å². The molecule has 106 valence electrons. The fraction of sp³-hybridized carbons (Fsp3) is 0.714. The number of piperidine rings is 1. The Kier molecular flexibility index (Phi) is 4.58. The van der Waals surface area contributed by atoms with E-state index in [1.807, 2.05) is 20.8 Å². The second kappa shape index (κ2) is 6.01. The van der Waals surface area contributed by atoms with Gasteiger partial charge in [-0.05, 0) is 46.1 Å². The number of carbonyl (C=O) groups excluding carboxylic acids is 1. The highest BCUT2D eigenvalue weighted by Gasteiger charge is 2.26. The normalized spacial score (nSPS) is 25.1. The summed E-state index contributed by atoms with van der Waals surface area (Å²) in [5, 5.41) is 7.46. The second-order valence-corrected chi connectivity index (χ2v) is 6.78. The van der Waals surface area contributed by atoms with Gasteiger partial charge in [0.2, 0.25) is 5.91 Å². The van der Waals surface area contributed by atoms with Crippen LogP contribution in [-0.2, 0) is 4.79 Å². The Balaban J connectivity index is 1.96. The van der Waals surface area contributed by atoms with Gasteiger partial charge in [0.1, 0.15) is 0 Å². The molecule has 0 spiro atoms. The zero-order valence-corrected chi connectivity index (χ0v) is 12.9. The number of rotatable bonds is 3. The maximum absolute atomic E-state index is 12.3. The zero-order valence-electron chi connectivity index (χ0n) is 12.1. The number of carbonyl (C=O) groups is 1. The molecule has 1 aromatic rings. The summed E-state index contributed by atoms with van der Waals surface area (Å²) in [5.74, 6) is 0.740. The van der Waals surface area contributed by atoms with E-state index in [0.29, 0.717) is 5.92 Å². The number of thiazole rings is 1. The van der Waals surface area contributed by atoms with Crippen LogP contribution in [-0.4, -0.2) is 23.5 Å². The monoisotopic (exact) mass is 281 g/mol. The van der Waals surface area contributed by atoms with Gasteiger partial charge in [-0.3, -0.25) is 4.79 Å². The molecular weight excluding hydrogens is 258 g/mol. The molecule has 5 heteroatoms. The maximum atomic E-state index is 12.3. The highest BCUT2D eigenvalue weighted by atomic mass is 32.1. The van der Waals surface area contributed by atoms with E-state index in [4.69, 9.17) is 0 Å². The third-order valence-electron chi connectivity index (χ3n) is 3.67. The molecule has 2 rings (SSSR count). The number of aromatic nitrogens is 1. The van der Waals surface area contributed by atoms with Gasteiger partial charge in [0.25, 0.3) is 0 Å². The molecule has 0 saturated carbocycles. The Morgan fingerprint density at radius 1 is 1.53 bits per heavy atom. The van der Waals surface area contributed by atoms with Crippen molar-refractivity contribution >= 4 is 17.2 Å². The van der Waals surface area contributed by atoms with Crippen molar-refractivity contribution in [2.75, 3.05) is 6.54 Å². The average Bonchev–Trinajstić information content (AvgIpc) is 2.68. The predicted molar refractivity (Wildman–Crippen MR) is 78.3 cm³/mol. The molecule has 0 bridgehead atoms. The third-order valence-corrected chi connectivity index (χ3v) is 4.93. The second-order valence-electron chi connectivity index (χ2n) is 5.55. The minimum Gasteiger partial charge on any atom is -0.347 e. The molecule has 0 aliphatic carbocycles. The number of nitrogens with zero attached hydrogens (tertiary/aromatic N) is 1. The standard InChI is InChI=1S/C14H23N3OS/c1-8-5-6-15-12(7-8)14(18)17-10(3)13-9(2)16-11(4)19-13/h8,10,12,15H,5-7H2,1-4H3,(H,17,18). The predicted octanol–water partition coefficient (Wildman–Crippen LogP) is 2.33. The lowest BCUT2D eigenvalue weighted by molar-refractivity contribution is -0.124. The summed E-state index contributed by atoms with van der Waals surface area (Å²) in [6.07, 6.45) is 2.09. The van der Waals surface area contributed by atoms with Gasteiger partial charge in [-0.1, -0.05) is 6.92 Å². The van der Waals surface area contributed by atoms with Gasteiger partial charge in [-0.2, -0.15) is 0 Å². The molecule has 3 unspecified atom stereocenters. The molecule has 1 aliphatic rings. The van der Waals surface area contributed by atoms with E-state index in [1.54, 1.807) is 11.3 Å². The molecule has 3 atom stereocenters. The highest BCUT2D eigenvalue weighted by molar-refractivity contribution is 7.11. The fourth-order valence-corrected chi connectivity index (χ4v) is 3.57. The van der Waals surface area contributed by atoms with Crippen molar-refractivity contribution in [1.82, 2.24) is 15.6 Å². The molecule has 1 aliphatic heterocycles. The van der Waals surface area contributed by atoms with Gasteiger partial charge in [0.05, 0.1) is 22.8 Å². The summed E-state index contributed by atoms with van der Waals surface area (Å²) in [7, 11) is 0. The smallest absolute Gasteiger partial charge is 0.237 e. The summed E-state index contributed by atoms with van der Waals surface area (Å²) < 4.78 is 0. The minimum absolute atomic E-state index is 0.0396. The van der Waals surface area contributed by atoms with E-state index < -0.39 is 0 Å². The van der Waals surface area contributed by atoms with Crippen LogP contribution in [0.25, 0.3) is 0 Å². The molecule has 0 radical (unpaired) electrons. The van der Waals surface area contributed by atoms with Gasteiger partial charge < -0.3 is 10.6 Å². The molecule has 2 N–H and O–H groups in total. The summed E-state index contributed by atoms with van der Waals surface area (Å²) in [6, 6.07) is -0.00161. The Bertz CT molecular complexity index is 458. The van der Waals surface area contributed by atoms with E-state index in [0.717, 1.165) is 35.0 Å². The zero-order chi connectivity index (χ0) is 14.0. The number of nitrogens with one attached hydrogen (secondary N) is 2. The van der Waals surface area contributed by atoms with Gasteiger partial charge in [0.15, 0.2) is 0 Å². The Morgan fingerprint density at radius 2 is 2.26 bits per heavy atom. The maximum Gasteiger partial charge on any atom is 0.237 e. The van der Waals surface area contributed by atoms with Crippen LogP contribution in [0.1, 0.15) is 48.3 Å². The Labute approximate surface area is 119 Å². The lowest BCUT2D eigenvalue weighted by Crippen LogP contribution is -2.48. The van der Waals surface area contributed by atoms with Crippen LogP contribution in [0.2, 0.25) is 0 Å². The lowest BCUT2D eigenvalue weighted by Gasteiger charge is -2.28. The van der Waals surface area contributed by atoms with Crippen molar-refractivity contribution in [2.24, 2.45) is 5.92 Å². The molecular formula is C14H23N3OS. The van der Waals surface area contributed by atoms with Crippen LogP contribution >= 0.6 is 11.3 Å². The highest BCUT2D eigenvalue weighted by Crippen LogP contribution is 2.25. The van der Waals surface area contributed by atoms with E-state index in [9.17, 15) is 4.79 Å². The van der Waals surface area contributed by atoms with Crippen LogP contribution in [0.4, 0.5) is 0 Å². The van der Waals surface area contributed by atoms with Gasteiger partial charge in [-0.25, -0.2) is 4.98 Å². The number of hydrogen-bond donors (Lipinski definition) is 2. The number of hydrogen-bond acceptors (Lipinski definition) is 4. The largest absolute Gasteiger partial charge is 0.347 e. The quantitative estimate of drug-likeness (QED) is 0.894. The first-order chi connectivity index (χ1) is 8.97.